The molecule has 0 amide bonds. The molecule has 0 atom stereocenters. The van der Waals surface area contributed by atoms with Gasteiger partial charge >= 0.3 is 0 Å². The second kappa shape index (κ2) is 5.58. The van der Waals surface area contributed by atoms with E-state index in [0.29, 0.717) is 10.9 Å². The van der Waals surface area contributed by atoms with E-state index in [9.17, 15) is 8.42 Å². The SMILES string of the molecule is CC(C)N(C)CCc1c[nH]c2ccc(S(C)(=O)=O)cc12.[HH]. The molecule has 1 N–H and O–H groups in total. The Morgan fingerprint density at radius 2 is 2.05 bits per heavy atom. The molecular formula is C15H24N2O2S. The highest BCUT2D eigenvalue weighted by Crippen LogP contribution is 2.22. The minimum Gasteiger partial charge on any atom is -0.361 e. The van der Waals surface area contributed by atoms with Gasteiger partial charge in [-0.3, -0.25) is 0 Å². The first-order valence-electron chi connectivity index (χ1n) is 6.79. The van der Waals surface area contributed by atoms with Gasteiger partial charge in [0.15, 0.2) is 9.84 Å². The first-order chi connectivity index (χ1) is 9.29. The van der Waals surface area contributed by atoms with Gasteiger partial charge in [-0.1, -0.05) is 0 Å². The first-order valence-corrected chi connectivity index (χ1v) is 8.68. The lowest BCUT2D eigenvalue weighted by atomic mass is 10.1. The van der Waals surface area contributed by atoms with Crippen molar-refractivity contribution in [1.82, 2.24) is 9.88 Å². The summed E-state index contributed by atoms with van der Waals surface area (Å²) in [5.74, 6) is 0. The Labute approximate surface area is 122 Å². The van der Waals surface area contributed by atoms with E-state index in [4.69, 9.17) is 0 Å². The molecule has 1 heterocycles. The Kier molecular flexibility index (Phi) is 4.20. The van der Waals surface area contributed by atoms with Crippen molar-refractivity contribution in [3.63, 3.8) is 0 Å². The molecular weight excluding hydrogens is 272 g/mol. The zero-order valence-electron chi connectivity index (χ0n) is 12.5. The molecule has 5 heteroatoms. The minimum atomic E-state index is -3.16. The van der Waals surface area contributed by atoms with Gasteiger partial charge in [-0.05, 0) is 51.1 Å². The largest absolute Gasteiger partial charge is 0.361 e. The lowest BCUT2D eigenvalue weighted by Crippen LogP contribution is -2.28. The second-order valence-electron chi connectivity index (χ2n) is 5.62. The highest BCUT2D eigenvalue weighted by Gasteiger charge is 2.11. The fourth-order valence-corrected chi connectivity index (χ4v) is 2.80. The maximum atomic E-state index is 11.6. The predicted molar refractivity (Wildman–Crippen MR) is 85.0 cm³/mol. The van der Waals surface area contributed by atoms with Crippen molar-refractivity contribution < 1.29 is 9.84 Å². The van der Waals surface area contributed by atoms with E-state index in [0.717, 1.165) is 29.4 Å². The Morgan fingerprint density at radius 1 is 1.35 bits per heavy atom. The fraction of sp³-hybridized carbons (Fsp3) is 0.467. The van der Waals surface area contributed by atoms with Crippen molar-refractivity contribution in [2.24, 2.45) is 0 Å². The number of nitrogens with zero attached hydrogens (tertiary/aromatic N) is 1. The number of nitrogens with one attached hydrogen (secondary N) is 1. The van der Waals surface area contributed by atoms with Crippen molar-refractivity contribution in [3.8, 4) is 0 Å². The van der Waals surface area contributed by atoms with Crippen molar-refractivity contribution in [2.75, 3.05) is 19.8 Å². The van der Waals surface area contributed by atoms with Crippen LogP contribution in [0.25, 0.3) is 10.9 Å². The van der Waals surface area contributed by atoms with Crippen molar-refractivity contribution in [3.05, 3.63) is 30.0 Å². The average molecular weight is 296 g/mol. The molecule has 1 aromatic heterocycles. The quantitative estimate of drug-likeness (QED) is 0.923. The number of hydrogen-bond acceptors (Lipinski definition) is 3. The van der Waals surface area contributed by atoms with Crippen molar-refractivity contribution >= 4 is 20.7 Å². The van der Waals surface area contributed by atoms with Gasteiger partial charge in [0, 0.05) is 37.4 Å². The molecule has 0 saturated carbocycles. The molecule has 0 aliphatic heterocycles. The summed E-state index contributed by atoms with van der Waals surface area (Å²) in [6.07, 6.45) is 4.12. The molecule has 0 fully saturated rings. The molecule has 0 aliphatic carbocycles. The number of sulfone groups is 1. The standard InChI is InChI=1S/C15H22N2O2S.H2/c1-11(2)17(3)8-7-12-10-16-15-6-5-13(9-14(12)15)20(4,18)19;/h5-6,9-11,16H,7-8H2,1-4H3;1H. The van der Waals surface area contributed by atoms with Crippen LogP contribution in [0.2, 0.25) is 0 Å². The van der Waals surface area contributed by atoms with Gasteiger partial charge in [0.2, 0.25) is 0 Å². The molecule has 2 rings (SSSR count). The monoisotopic (exact) mass is 296 g/mol. The van der Waals surface area contributed by atoms with E-state index in [1.807, 2.05) is 12.3 Å². The van der Waals surface area contributed by atoms with E-state index in [1.54, 1.807) is 12.1 Å². The van der Waals surface area contributed by atoms with Crippen LogP contribution in [0.1, 0.15) is 20.8 Å². The van der Waals surface area contributed by atoms with Crippen LogP contribution in [0.5, 0.6) is 0 Å². The van der Waals surface area contributed by atoms with Gasteiger partial charge in [0.25, 0.3) is 0 Å². The van der Waals surface area contributed by atoms with E-state index in [1.165, 1.54) is 6.26 Å². The summed E-state index contributed by atoms with van der Waals surface area (Å²) in [6.45, 7) is 5.28. The molecule has 0 bridgehead atoms. The zero-order chi connectivity index (χ0) is 14.9. The Hall–Kier alpha value is -1.33. The molecule has 1 aromatic carbocycles. The molecule has 0 spiro atoms. The van der Waals surface area contributed by atoms with Gasteiger partial charge in [0.1, 0.15) is 0 Å². The van der Waals surface area contributed by atoms with E-state index in [2.05, 4.69) is 30.8 Å². The zero-order valence-corrected chi connectivity index (χ0v) is 13.3. The number of likely N-dealkylation sites (N-methyl/N-ethyl adjacent to an activating group) is 1. The topological polar surface area (TPSA) is 53.2 Å². The number of H-pyrrole nitrogens is 1. The maximum absolute atomic E-state index is 11.6. The van der Waals surface area contributed by atoms with Crippen LogP contribution in [0.4, 0.5) is 0 Å². The van der Waals surface area contributed by atoms with Crippen LogP contribution in [-0.4, -0.2) is 44.2 Å². The van der Waals surface area contributed by atoms with Gasteiger partial charge in [0.05, 0.1) is 4.90 Å². The number of benzene rings is 1. The summed E-state index contributed by atoms with van der Waals surface area (Å²) >= 11 is 0. The molecule has 0 aliphatic rings. The minimum absolute atomic E-state index is 0. The maximum Gasteiger partial charge on any atom is 0.175 e. The van der Waals surface area contributed by atoms with E-state index in [-0.39, 0.29) is 1.43 Å². The van der Waals surface area contributed by atoms with Gasteiger partial charge < -0.3 is 9.88 Å². The lowest BCUT2D eigenvalue weighted by molar-refractivity contribution is 0.278. The van der Waals surface area contributed by atoms with Gasteiger partial charge in [-0.25, -0.2) is 8.42 Å². The number of aromatic nitrogens is 1. The summed E-state index contributed by atoms with van der Waals surface area (Å²) in [5, 5.41) is 1.00. The van der Waals surface area contributed by atoms with Crippen LogP contribution in [0.15, 0.2) is 29.3 Å². The molecule has 0 radical (unpaired) electrons. The lowest BCUT2D eigenvalue weighted by Gasteiger charge is -2.20. The second-order valence-corrected chi connectivity index (χ2v) is 7.63. The summed E-state index contributed by atoms with van der Waals surface area (Å²) in [4.78, 5) is 5.86. The highest BCUT2D eigenvalue weighted by molar-refractivity contribution is 7.90. The van der Waals surface area contributed by atoms with Crippen LogP contribution in [0.3, 0.4) is 0 Å². The molecule has 2 aromatic rings. The Morgan fingerprint density at radius 3 is 2.65 bits per heavy atom. The smallest absolute Gasteiger partial charge is 0.175 e. The van der Waals surface area contributed by atoms with Gasteiger partial charge in [-0.15, -0.1) is 0 Å². The Balaban J connectivity index is 0.00000220. The Bertz CT molecular complexity index is 708. The van der Waals surface area contributed by atoms with Gasteiger partial charge in [-0.2, -0.15) is 0 Å². The molecule has 20 heavy (non-hydrogen) atoms. The van der Waals surface area contributed by atoms with E-state index >= 15 is 0 Å². The average Bonchev–Trinajstić information content (AvgIpc) is 2.77. The first kappa shape index (κ1) is 15.1. The van der Waals surface area contributed by atoms with E-state index < -0.39 is 9.84 Å². The number of rotatable bonds is 5. The summed E-state index contributed by atoms with van der Waals surface area (Å²) in [5.41, 5.74) is 2.15. The molecule has 4 nitrogen and oxygen atoms in total. The fourth-order valence-electron chi connectivity index (χ4n) is 2.15. The van der Waals surface area contributed by atoms with Crippen LogP contribution in [-0.2, 0) is 16.3 Å². The third-order valence-corrected chi connectivity index (χ3v) is 4.89. The third-order valence-electron chi connectivity index (χ3n) is 3.78. The molecule has 0 saturated heterocycles. The van der Waals surface area contributed by atoms with Crippen LogP contribution >= 0.6 is 0 Å². The highest BCUT2D eigenvalue weighted by atomic mass is 32.2. The predicted octanol–water partition coefficient (Wildman–Crippen LogP) is 2.70. The van der Waals surface area contributed by atoms with Crippen molar-refractivity contribution in [2.45, 2.75) is 31.2 Å². The van der Waals surface area contributed by atoms with Crippen LogP contribution < -0.4 is 0 Å². The van der Waals surface area contributed by atoms with Crippen molar-refractivity contribution in [1.29, 1.82) is 0 Å². The third kappa shape index (κ3) is 3.22. The summed E-state index contributed by atoms with van der Waals surface area (Å²) in [7, 11) is -1.06. The summed E-state index contributed by atoms with van der Waals surface area (Å²) in [6, 6.07) is 5.76. The number of fused-ring (bicyclic) bond motifs is 1. The number of aromatic amines is 1. The normalized spacial score (nSPS) is 12.7. The molecule has 112 valence electrons. The summed E-state index contributed by atoms with van der Waals surface area (Å²) < 4.78 is 23.3. The van der Waals surface area contributed by atoms with Crippen LogP contribution in [0, 0.1) is 0 Å². The molecule has 0 unspecified atom stereocenters. The number of hydrogen-bond donors (Lipinski definition) is 1.